The molecule has 3 nitrogen and oxygen atoms in total. The molecule has 0 spiro atoms. The van der Waals surface area contributed by atoms with E-state index in [1.165, 1.54) is 0 Å². The topological polar surface area (TPSA) is 41.5 Å². The monoisotopic (exact) mass is 201 g/mol. The van der Waals surface area contributed by atoms with Gasteiger partial charge in [-0.05, 0) is 32.2 Å². The Labute approximate surface area is 86.8 Å². The first kappa shape index (κ1) is 12.0. The highest BCUT2D eigenvalue weighted by Gasteiger charge is 2.33. The van der Waals surface area contributed by atoms with Crippen LogP contribution in [0.2, 0.25) is 0 Å². The van der Waals surface area contributed by atoms with Gasteiger partial charge < -0.3 is 15.2 Å². The Balaban J connectivity index is 2.31. The Morgan fingerprint density at radius 1 is 1.57 bits per heavy atom. The molecule has 0 aromatic heterocycles. The van der Waals surface area contributed by atoms with Gasteiger partial charge in [-0.3, -0.25) is 0 Å². The average molecular weight is 201 g/mol. The van der Waals surface area contributed by atoms with Gasteiger partial charge >= 0.3 is 0 Å². The summed E-state index contributed by atoms with van der Waals surface area (Å²) in [4.78, 5) is 0. The Kier molecular flexibility index (Phi) is 4.85. The number of nitrogens with one attached hydrogen (secondary N) is 1. The van der Waals surface area contributed by atoms with E-state index in [9.17, 15) is 5.11 Å². The normalized spacial score (nSPS) is 33.2. The number of methoxy groups -OCH3 is 1. The van der Waals surface area contributed by atoms with Gasteiger partial charge in [-0.2, -0.15) is 0 Å². The fourth-order valence-electron chi connectivity index (χ4n) is 2.15. The van der Waals surface area contributed by atoms with Gasteiger partial charge in [-0.1, -0.05) is 6.92 Å². The third-order valence-electron chi connectivity index (χ3n) is 2.99. The van der Waals surface area contributed by atoms with Gasteiger partial charge in [0, 0.05) is 20.1 Å². The van der Waals surface area contributed by atoms with Gasteiger partial charge in [0.15, 0.2) is 0 Å². The average Bonchev–Trinajstić information content (AvgIpc) is 2.18. The van der Waals surface area contributed by atoms with Gasteiger partial charge in [0.25, 0.3) is 0 Å². The minimum absolute atomic E-state index is 0.247. The standard InChI is InChI=1S/C11H23NO2/c1-3-7-12-9-11(13)6-4-5-10(8-11)14-2/h10,12-13H,3-9H2,1-2H3. The molecule has 0 radical (unpaired) electrons. The summed E-state index contributed by atoms with van der Waals surface area (Å²) in [6, 6.07) is 0. The summed E-state index contributed by atoms with van der Waals surface area (Å²) in [5.74, 6) is 0. The summed E-state index contributed by atoms with van der Waals surface area (Å²) >= 11 is 0. The van der Waals surface area contributed by atoms with Crippen LogP contribution in [0.3, 0.4) is 0 Å². The number of aliphatic hydroxyl groups is 1. The van der Waals surface area contributed by atoms with Crippen molar-refractivity contribution in [2.45, 2.75) is 50.7 Å². The molecular weight excluding hydrogens is 178 g/mol. The van der Waals surface area contributed by atoms with E-state index in [1.54, 1.807) is 7.11 Å². The quantitative estimate of drug-likeness (QED) is 0.659. The van der Waals surface area contributed by atoms with Gasteiger partial charge in [0.2, 0.25) is 0 Å². The second-order valence-electron chi connectivity index (χ2n) is 4.36. The Morgan fingerprint density at radius 2 is 2.36 bits per heavy atom. The smallest absolute Gasteiger partial charge is 0.0796 e. The summed E-state index contributed by atoms with van der Waals surface area (Å²) in [6.45, 7) is 3.83. The van der Waals surface area contributed by atoms with E-state index < -0.39 is 5.60 Å². The highest BCUT2D eigenvalue weighted by atomic mass is 16.5. The molecule has 2 unspecified atom stereocenters. The van der Waals surface area contributed by atoms with Crippen LogP contribution < -0.4 is 5.32 Å². The van der Waals surface area contributed by atoms with Crippen molar-refractivity contribution in [3.63, 3.8) is 0 Å². The van der Waals surface area contributed by atoms with E-state index >= 15 is 0 Å². The predicted molar refractivity (Wildman–Crippen MR) is 57.4 cm³/mol. The Morgan fingerprint density at radius 3 is 3.00 bits per heavy atom. The van der Waals surface area contributed by atoms with Gasteiger partial charge in [-0.15, -0.1) is 0 Å². The molecule has 84 valence electrons. The van der Waals surface area contributed by atoms with Crippen LogP contribution in [0.25, 0.3) is 0 Å². The molecule has 1 rings (SSSR count). The molecule has 1 saturated carbocycles. The SMILES string of the molecule is CCCNCC1(O)CCCC(OC)C1. The summed E-state index contributed by atoms with van der Waals surface area (Å²) < 4.78 is 5.31. The van der Waals surface area contributed by atoms with Crippen LogP contribution >= 0.6 is 0 Å². The molecule has 0 aromatic rings. The third kappa shape index (κ3) is 3.56. The molecule has 0 heterocycles. The largest absolute Gasteiger partial charge is 0.388 e. The highest BCUT2D eigenvalue weighted by molar-refractivity contribution is 4.88. The van der Waals surface area contributed by atoms with E-state index in [0.717, 1.165) is 38.6 Å². The maximum Gasteiger partial charge on any atom is 0.0796 e. The lowest BCUT2D eigenvalue weighted by atomic mass is 9.83. The molecule has 0 saturated heterocycles. The fraction of sp³-hybridized carbons (Fsp3) is 1.00. The zero-order valence-corrected chi connectivity index (χ0v) is 9.38. The molecule has 3 heteroatoms. The zero-order chi connectivity index (χ0) is 10.4. The Bertz CT molecular complexity index is 163. The first-order valence-electron chi connectivity index (χ1n) is 5.66. The van der Waals surface area contributed by atoms with Crippen molar-refractivity contribution in [1.82, 2.24) is 5.32 Å². The van der Waals surface area contributed by atoms with E-state index in [0.29, 0.717) is 6.54 Å². The van der Waals surface area contributed by atoms with Crippen molar-refractivity contribution >= 4 is 0 Å². The number of ether oxygens (including phenoxy) is 1. The van der Waals surface area contributed by atoms with Crippen molar-refractivity contribution in [3.05, 3.63) is 0 Å². The molecule has 1 aliphatic carbocycles. The molecule has 14 heavy (non-hydrogen) atoms. The van der Waals surface area contributed by atoms with Crippen molar-refractivity contribution in [1.29, 1.82) is 0 Å². The van der Waals surface area contributed by atoms with E-state index in [-0.39, 0.29) is 6.10 Å². The minimum atomic E-state index is -0.534. The number of hydrogen-bond donors (Lipinski definition) is 2. The highest BCUT2D eigenvalue weighted by Crippen LogP contribution is 2.29. The van der Waals surface area contributed by atoms with Gasteiger partial charge in [-0.25, -0.2) is 0 Å². The molecule has 0 aliphatic heterocycles. The lowest BCUT2D eigenvalue weighted by molar-refractivity contribution is -0.0570. The zero-order valence-electron chi connectivity index (χ0n) is 9.38. The summed E-state index contributed by atoms with van der Waals surface area (Å²) in [7, 11) is 1.73. The van der Waals surface area contributed by atoms with Crippen LogP contribution in [0.15, 0.2) is 0 Å². The summed E-state index contributed by atoms with van der Waals surface area (Å²) in [6.07, 6.45) is 5.21. The maximum atomic E-state index is 10.3. The third-order valence-corrected chi connectivity index (χ3v) is 2.99. The van der Waals surface area contributed by atoms with Crippen molar-refractivity contribution < 1.29 is 9.84 Å². The van der Waals surface area contributed by atoms with Crippen LogP contribution in [0.5, 0.6) is 0 Å². The lowest BCUT2D eigenvalue weighted by Crippen LogP contribution is -2.46. The number of hydrogen-bond acceptors (Lipinski definition) is 3. The number of rotatable bonds is 5. The summed E-state index contributed by atoms with van der Waals surface area (Å²) in [5.41, 5.74) is -0.534. The molecular formula is C11H23NO2. The van der Waals surface area contributed by atoms with Crippen molar-refractivity contribution in [2.24, 2.45) is 0 Å². The predicted octanol–water partition coefficient (Wildman–Crippen LogP) is 1.31. The van der Waals surface area contributed by atoms with E-state index in [4.69, 9.17) is 4.74 Å². The van der Waals surface area contributed by atoms with Gasteiger partial charge in [0.05, 0.1) is 11.7 Å². The van der Waals surface area contributed by atoms with Crippen LogP contribution in [0.4, 0.5) is 0 Å². The molecule has 0 aromatic carbocycles. The molecule has 0 bridgehead atoms. The summed E-state index contributed by atoms with van der Waals surface area (Å²) in [5, 5.41) is 13.5. The van der Waals surface area contributed by atoms with Crippen molar-refractivity contribution in [3.8, 4) is 0 Å². The lowest BCUT2D eigenvalue weighted by Gasteiger charge is -2.36. The van der Waals surface area contributed by atoms with Crippen LogP contribution in [0, 0.1) is 0 Å². The van der Waals surface area contributed by atoms with Crippen molar-refractivity contribution in [2.75, 3.05) is 20.2 Å². The fourth-order valence-corrected chi connectivity index (χ4v) is 2.15. The molecule has 0 amide bonds. The van der Waals surface area contributed by atoms with Crippen LogP contribution in [0.1, 0.15) is 39.0 Å². The molecule has 1 fully saturated rings. The molecule has 2 N–H and O–H groups in total. The second-order valence-corrected chi connectivity index (χ2v) is 4.36. The first-order chi connectivity index (χ1) is 6.70. The van der Waals surface area contributed by atoms with E-state index in [2.05, 4.69) is 12.2 Å². The maximum absolute atomic E-state index is 10.3. The van der Waals surface area contributed by atoms with Gasteiger partial charge in [0.1, 0.15) is 0 Å². The van der Waals surface area contributed by atoms with Crippen LogP contribution in [-0.2, 0) is 4.74 Å². The molecule has 2 atom stereocenters. The Hall–Kier alpha value is -0.120. The van der Waals surface area contributed by atoms with Crippen LogP contribution in [-0.4, -0.2) is 37.0 Å². The molecule has 1 aliphatic rings. The minimum Gasteiger partial charge on any atom is -0.388 e. The first-order valence-corrected chi connectivity index (χ1v) is 5.66. The second kappa shape index (κ2) is 5.69. The van der Waals surface area contributed by atoms with E-state index in [1.807, 2.05) is 0 Å².